The van der Waals surface area contributed by atoms with Gasteiger partial charge in [0.1, 0.15) is 18.2 Å². The summed E-state index contributed by atoms with van der Waals surface area (Å²) >= 11 is 1.65. The fraction of sp³-hybridized carbons (Fsp3) is 0.654. The van der Waals surface area contributed by atoms with E-state index in [9.17, 15) is 14.4 Å². The Labute approximate surface area is 220 Å². The number of amides is 2. The molecule has 2 bridgehead atoms. The summed E-state index contributed by atoms with van der Waals surface area (Å²) < 4.78 is 6.37. The number of fused-ring (bicyclic) bond motifs is 2. The summed E-state index contributed by atoms with van der Waals surface area (Å²) in [5, 5.41) is 20.4. The van der Waals surface area contributed by atoms with Gasteiger partial charge in [0.25, 0.3) is 0 Å². The number of carbonyl (C=O) groups excluding carboxylic acids is 3. The number of hydrogen-bond acceptors (Lipinski definition) is 8. The first kappa shape index (κ1) is 26.0. The standard InChI is InChI=1S/C26H35N5O5S/c1-3-36-25(35)20-19-14-16(2)26(37-19)21(20)24(34)30(12-8-4-5-9-13-32)22(26)23(33)27-15-31-18-11-7-6-10-17(18)28-29-31/h6-7,10-11,16,19-22,32H,3-5,8-9,12-15H2,1-2H3,(H,27,33)/t16?,19-,20+,21-,22?,26?/m0/s1. The van der Waals surface area contributed by atoms with Crippen LogP contribution >= 0.6 is 11.8 Å². The van der Waals surface area contributed by atoms with Crippen molar-refractivity contribution in [1.29, 1.82) is 0 Å². The van der Waals surface area contributed by atoms with Crippen molar-refractivity contribution in [2.45, 2.75) is 68.7 Å². The van der Waals surface area contributed by atoms with Crippen molar-refractivity contribution in [3.05, 3.63) is 24.3 Å². The summed E-state index contributed by atoms with van der Waals surface area (Å²) in [5.41, 5.74) is 1.56. The molecule has 0 saturated carbocycles. The predicted octanol–water partition coefficient (Wildman–Crippen LogP) is 1.96. The van der Waals surface area contributed by atoms with Crippen LogP contribution < -0.4 is 5.32 Å². The molecule has 1 aromatic heterocycles. The minimum atomic E-state index is -0.679. The number of nitrogens with zero attached hydrogens (tertiary/aromatic N) is 4. The van der Waals surface area contributed by atoms with Crippen molar-refractivity contribution in [2.75, 3.05) is 19.8 Å². The van der Waals surface area contributed by atoms with E-state index in [1.54, 1.807) is 28.3 Å². The third kappa shape index (κ3) is 4.29. The topological polar surface area (TPSA) is 127 Å². The van der Waals surface area contributed by atoms with Gasteiger partial charge in [0.15, 0.2) is 0 Å². The maximum atomic E-state index is 13.9. The van der Waals surface area contributed by atoms with Crippen molar-refractivity contribution in [3.63, 3.8) is 0 Å². The van der Waals surface area contributed by atoms with E-state index < -0.39 is 22.6 Å². The smallest absolute Gasteiger partial charge is 0.310 e. The molecule has 11 heteroatoms. The zero-order chi connectivity index (χ0) is 26.2. The first-order valence-corrected chi connectivity index (χ1v) is 14.1. The van der Waals surface area contributed by atoms with Crippen LogP contribution in [0.25, 0.3) is 11.0 Å². The van der Waals surface area contributed by atoms with Gasteiger partial charge in [-0.1, -0.05) is 37.1 Å². The number of para-hydroxylation sites is 1. The fourth-order valence-electron chi connectivity index (χ4n) is 6.60. The molecule has 3 aliphatic rings. The molecule has 10 nitrogen and oxygen atoms in total. The number of nitrogens with one attached hydrogen (secondary N) is 1. The highest BCUT2D eigenvalue weighted by Gasteiger charge is 2.76. The van der Waals surface area contributed by atoms with Gasteiger partial charge < -0.3 is 20.1 Å². The minimum absolute atomic E-state index is 0.0238. The van der Waals surface area contributed by atoms with Crippen molar-refractivity contribution in [1.82, 2.24) is 25.2 Å². The average molecular weight is 530 g/mol. The van der Waals surface area contributed by atoms with Crippen LogP contribution in [0.3, 0.4) is 0 Å². The largest absolute Gasteiger partial charge is 0.466 e. The second-order valence-corrected chi connectivity index (χ2v) is 11.8. The van der Waals surface area contributed by atoms with Crippen molar-refractivity contribution >= 4 is 40.6 Å². The van der Waals surface area contributed by atoms with E-state index in [4.69, 9.17) is 9.84 Å². The summed E-state index contributed by atoms with van der Waals surface area (Å²) in [6.07, 6.45) is 3.95. The summed E-state index contributed by atoms with van der Waals surface area (Å²) in [7, 11) is 0. The number of ether oxygens (including phenoxy) is 1. The molecular formula is C26H35N5O5S. The molecule has 0 aliphatic carbocycles. The number of aliphatic hydroxyl groups is 1. The summed E-state index contributed by atoms with van der Waals surface area (Å²) in [6, 6.07) is 6.86. The lowest BCUT2D eigenvalue weighted by molar-refractivity contribution is -0.154. The van der Waals surface area contributed by atoms with Crippen molar-refractivity contribution in [3.8, 4) is 0 Å². The average Bonchev–Trinajstić information content (AvgIpc) is 3.60. The van der Waals surface area contributed by atoms with Crippen LogP contribution in [0, 0.1) is 17.8 Å². The lowest BCUT2D eigenvalue weighted by atomic mass is 9.66. The van der Waals surface area contributed by atoms with Crippen LogP contribution in [0.5, 0.6) is 0 Å². The summed E-state index contributed by atoms with van der Waals surface area (Å²) in [6.45, 7) is 4.87. The Kier molecular flexibility index (Phi) is 7.44. The highest BCUT2D eigenvalue weighted by molar-refractivity contribution is 8.02. The molecular weight excluding hydrogens is 494 g/mol. The molecule has 3 aliphatic heterocycles. The Morgan fingerprint density at radius 2 is 2.03 bits per heavy atom. The second-order valence-electron chi connectivity index (χ2n) is 10.3. The van der Waals surface area contributed by atoms with E-state index in [1.807, 2.05) is 24.3 Å². The van der Waals surface area contributed by atoms with E-state index in [0.717, 1.165) is 43.1 Å². The Morgan fingerprint density at radius 1 is 1.24 bits per heavy atom. The Morgan fingerprint density at radius 3 is 2.81 bits per heavy atom. The first-order chi connectivity index (χ1) is 17.9. The quantitative estimate of drug-likeness (QED) is 0.334. The molecule has 3 saturated heterocycles. The maximum Gasteiger partial charge on any atom is 0.310 e. The first-order valence-electron chi connectivity index (χ1n) is 13.3. The maximum absolute atomic E-state index is 13.9. The Bertz CT molecular complexity index is 1170. The van der Waals surface area contributed by atoms with Crippen LogP contribution in [-0.4, -0.2) is 78.6 Å². The van der Waals surface area contributed by atoms with E-state index in [2.05, 4.69) is 22.6 Å². The highest BCUT2D eigenvalue weighted by atomic mass is 32.2. The number of benzene rings is 1. The number of carbonyl (C=O) groups is 3. The molecule has 2 amide bonds. The molecule has 3 fully saturated rings. The van der Waals surface area contributed by atoms with E-state index in [1.165, 1.54) is 0 Å². The van der Waals surface area contributed by atoms with Crippen molar-refractivity contribution < 1.29 is 24.2 Å². The molecule has 5 rings (SSSR count). The number of hydrogen-bond donors (Lipinski definition) is 2. The van der Waals surface area contributed by atoms with Gasteiger partial charge in [-0.3, -0.25) is 14.4 Å². The highest BCUT2D eigenvalue weighted by Crippen LogP contribution is 2.68. The molecule has 37 heavy (non-hydrogen) atoms. The lowest BCUT2D eigenvalue weighted by Gasteiger charge is -2.38. The van der Waals surface area contributed by atoms with Crippen molar-refractivity contribution in [2.24, 2.45) is 17.8 Å². The fourth-order valence-corrected chi connectivity index (χ4v) is 9.01. The number of aromatic nitrogens is 3. The number of esters is 1. The monoisotopic (exact) mass is 529 g/mol. The van der Waals surface area contributed by atoms with Crippen LogP contribution in [0.15, 0.2) is 24.3 Å². The number of likely N-dealkylation sites (tertiary alicyclic amines) is 1. The van der Waals surface area contributed by atoms with Crippen LogP contribution in [0.2, 0.25) is 0 Å². The lowest BCUT2D eigenvalue weighted by Crippen LogP contribution is -2.56. The molecule has 1 aromatic carbocycles. The van der Waals surface area contributed by atoms with Gasteiger partial charge in [0.05, 0.1) is 28.7 Å². The van der Waals surface area contributed by atoms with E-state index >= 15 is 0 Å². The number of rotatable bonds is 11. The molecule has 2 aromatic rings. The molecule has 1 spiro atoms. The zero-order valence-electron chi connectivity index (χ0n) is 21.3. The van der Waals surface area contributed by atoms with Gasteiger partial charge >= 0.3 is 5.97 Å². The molecule has 200 valence electrons. The molecule has 6 atom stereocenters. The molecule has 2 N–H and O–H groups in total. The molecule has 0 radical (unpaired) electrons. The van der Waals surface area contributed by atoms with Gasteiger partial charge in [0.2, 0.25) is 11.8 Å². The van der Waals surface area contributed by atoms with Gasteiger partial charge in [-0.2, -0.15) is 0 Å². The minimum Gasteiger partial charge on any atom is -0.466 e. The summed E-state index contributed by atoms with van der Waals surface area (Å²) in [5.74, 6) is -1.66. The van der Waals surface area contributed by atoms with E-state index in [0.29, 0.717) is 6.54 Å². The zero-order valence-corrected chi connectivity index (χ0v) is 22.2. The third-order valence-electron chi connectivity index (χ3n) is 8.18. The normalized spacial score (nSPS) is 30.2. The number of aliphatic hydroxyl groups excluding tert-OH is 1. The van der Waals surface area contributed by atoms with E-state index in [-0.39, 0.29) is 48.8 Å². The third-order valence-corrected chi connectivity index (χ3v) is 10.3. The number of thioether (sulfide) groups is 1. The van der Waals surface area contributed by atoms with Gasteiger partial charge in [-0.25, -0.2) is 4.68 Å². The van der Waals surface area contributed by atoms with Gasteiger partial charge in [-0.05, 0) is 44.2 Å². The SMILES string of the molecule is CCOC(=O)[C@@H]1[C@@H]2CC(C)C3(S2)C(C(=O)NCn2nnc4ccccc42)N(CCCCCCO)C(=O)[C@H]13. The predicted molar refractivity (Wildman–Crippen MR) is 138 cm³/mol. The van der Waals surface area contributed by atoms with Gasteiger partial charge in [0, 0.05) is 18.4 Å². The van der Waals surface area contributed by atoms with Crippen LogP contribution in [0.4, 0.5) is 0 Å². The molecule has 3 unspecified atom stereocenters. The second kappa shape index (κ2) is 10.6. The summed E-state index contributed by atoms with van der Waals surface area (Å²) in [4.78, 5) is 42.6. The Balaban J connectivity index is 1.41. The van der Waals surface area contributed by atoms with Crippen LogP contribution in [0.1, 0.15) is 46.0 Å². The van der Waals surface area contributed by atoms with Crippen LogP contribution in [-0.2, 0) is 25.8 Å². The molecule has 4 heterocycles. The van der Waals surface area contributed by atoms with Gasteiger partial charge in [-0.15, -0.1) is 16.9 Å². The Hall–Kier alpha value is -2.66. The number of unbranched alkanes of at least 4 members (excludes halogenated alkanes) is 3.